The third-order valence-electron chi connectivity index (χ3n) is 6.76. The Morgan fingerprint density at radius 2 is 1.63 bits per heavy atom. The molecule has 4 rings (SSSR count). The van der Waals surface area contributed by atoms with Gasteiger partial charge in [-0.3, -0.25) is 24.3 Å². The minimum atomic E-state index is -1.04. The number of rotatable bonds is 9. The van der Waals surface area contributed by atoms with Crippen LogP contribution in [0.4, 0.5) is 5.69 Å². The number of aliphatic imine (C=N–C) groups is 1. The zero-order valence-corrected chi connectivity index (χ0v) is 22.9. The Bertz CT molecular complexity index is 1450. The molecule has 0 aromatic heterocycles. The Morgan fingerprint density at radius 1 is 1.00 bits per heavy atom. The largest absolute Gasteiger partial charge is 0.481 e. The number of carboxylic acids is 1. The van der Waals surface area contributed by atoms with Crippen LogP contribution in [0.25, 0.3) is 0 Å². The number of hydrogen-bond acceptors (Lipinski definition) is 4. The first-order valence-corrected chi connectivity index (χ1v) is 13.4. The molecule has 0 fully saturated rings. The number of carboxylic acid groups (broad SMARTS) is 1. The lowest BCUT2D eigenvalue weighted by atomic mass is 9.95. The van der Waals surface area contributed by atoms with Crippen LogP contribution >= 0.6 is 0 Å². The van der Waals surface area contributed by atoms with E-state index in [1.807, 2.05) is 60.7 Å². The van der Waals surface area contributed by atoms with E-state index in [1.165, 1.54) is 11.8 Å². The highest BCUT2D eigenvalue weighted by molar-refractivity contribution is 6.10. The topological polar surface area (TPSA) is 142 Å². The van der Waals surface area contributed by atoms with Crippen molar-refractivity contribution in [2.24, 2.45) is 22.4 Å². The van der Waals surface area contributed by atoms with Gasteiger partial charge in [-0.2, -0.15) is 0 Å². The number of anilines is 1. The molecule has 5 N–H and O–H groups in total. The summed E-state index contributed by atoms with van der Waals surface area (Å²) < 4.78 is 0. The average molecular weight is 552 g/mol. The maximum Gasteiger partial charge on any atom is 0.308 e. The molecule has 0 radical (unpaired) electrons. The number of carbonyl (C=O) groups is 3. The van der Waals surface area contributed by atoms with Crippen LogP contribution in [0.1, 0.15) is 52.9 Å². The minimum absolute atomic E-state index is 0.0346. The highest BCUT2D eigenvalue weighted by Gasteiger charge is 2.37. The summed E-state index contributed by atoms with van der Waals surface area (Å²) in [4.78, 5) is 46.4. The second-order valence-corrected chi connectivity index (χ2v) is 9.86. The summed E-state index contributed by atoms with van der Waals surface area (Å²) in [5.41, 5.74) is 13.8. The smallest absolute Gasteiger partial charge is 0.308 e. The third-order valence-corrected chi connectivity index (χ3v) is 6.76. The van der Waals surface area contributed by atoms with E-state index in [0.29, 0.717) is 30.6 Å². The fraction of sp³-hybridized carbons (Fsp3) is 0.250. The van der Waals surface area contributed by atoms with Crippen molar-refractivity contribution in [3.8, 4) is 11.8 Å². The van der Waals surface area contributed by atoms with Crippen molar-refractivity contribution in [3.05, 3.63) is 101 Å². The molecule has 0 bridgehead atoms. The SMILES string of the molecule is CC(CN1CC(=O)N(C(c2ccccc2)c2ccccc2)c2ccc(C#CCCCN=C(N)N)cc2C1=O)C(=O)O. The van der Waals surface area contributed by atoms with Crippen LogP contribution < -0.4 is 16.4 Å². The fourth-order valence-electron chi connectivity index (χ4n) is 4.75. The molecule has 3 aromatic rings. The number of nitrogens with two attached hydrogens (primary N) is 2. The zero-order valence-electron chi connectivity index (χ0n) is 22.9. The lowest BCUT2D eigenvalue weighted by molar-refractivity contribution is -0.141. The molecule has 0 spiro atoms. The summed E-state index contributed by atoms with van der Waals surface area (Å²) >= 11 is 0. The number of carbonyl (C=O) groups excluding carboxylic acids is 2. The summed E-state index contributed by atoms with van der Waals surface area (Å²) in [5, 5.41) is 9.53. The molecule has 41 heavy (non-hydrogen) atoms. The van der Waals surface area contributed by atoms with Gasteiger partial charge in [0.15, 0.2) is 5.96 Å². The molecule has 0 saturated heterocycles. The predicted octanol–water partition coefficient (Wildman–Crippen LogP) is 3.39. The lowest BCUT2D eigenvalue weighted by Crippen LogP contribution is -2.43. The monoisotopic (exact) mass is 551 g/mol. The summed E-state index contributed by atoms with van der Waals surface area (Å²) in [6, 6.07) is 23.9. The Balaban J connectivity index is 1.80. The summed E-state index contributed by atoms with van der Waals surface area (Å²) in [7, 11) is 0. The number of aliphatic carboxylic acids is 1. The molecular formula is C32H33N5O4. The number of unbranched alkanes of at least 4 members (excludes halogenated alkanes) is 1. The number of fused-ring (bicyclic) bond motifs is 1. The summed E-state index contributed by atoms with van der Waals surface area (Å²) in [5.74, 6) is 3.58. The fourth-order valence-corrected chi connectivity index (χ4v) is 4.75. The first kappa shape index (κ1) is 28.9. The molecule has 9 nitrogen and oxygen atoms in total. The Morgan fingerprint density at radius 3 is 2.22 bits per heavy atom. The second kappa shape index (κ2) is 13.3. The van der Waals surface area contributed by atoms with Gasteiger partial charge in [-0.1, -0.05) is 79.4 Å². The number of amides is 2. The van der Waals surface area contributed by atoms with Crippen molar-refractivity contribution < 1.29 is 19.5 Å². The summed E-state index contributed by atoms with van der Waals surface area (Å²) in [6.07, 6.45) is 1.23. The number of hydrogen-bond donors (Lipinski definition) is 3. The molecule has 1 heterocycles. The van der Waals surface area contributed by atoms with Gasteiger partial charge in [0.25, 0.3) is 5.91 Å². The first-order valence-electron chi connectivity index (χ1n) is 13.4. The van der Waals surface area contributed by atoms with Crippen LogP contribution in [0.3, 0.4) is 0 Å². The quantitative estimate of drug-likeness (QED) is 0.161. The van der Waals surface area contributed by atoms with E-state index in [1.54, 1.807) is 23.1 Å². The number of nitrogens with zero attached hydrogens (tertiary/aromatic N) is 3. The molecule has 0 aliphatic carbocycles. The predicted molar refractivity (Wildman–Crippen MR) is 158 cm³/mol. The Hall–Kier alpha value is -5.10. The van der Waals surface area contributed by atoms with Gasteiger partial charge in [-0.15, -0.1) is 0 Å². The van der Waals surface area contributed by atoms with Crippen LogP contribution in [-0.4, -0.2) is 53.4 Å². The van der Waals surface area contributed by atoms with Crippen LogP contribution in [-0.2, 0) is 9.59 Å². The molecular weight excluding hydrogens is 518 g/mol. The number of benzene rings is 3. The van der Waals surface area contributed by atoms with Gasteiger partial charge >= 0.3 is 5.97 Å². The maximum atomic E-state index is 14.0. The number of guanidine groups is 1. The molecule has 2 amide bonds. The lowest BCUT2D eigenvalue weighted by Gasteiger charge is -2.33. The van der Waals surface area contributed by atoms with Crippen LogP contribution in [0.15, 0.2) is 83.9 Å². The van der Waals surface area contributed by atoms with Crippen molar-refractivity contribution in [2.75, 3.05) is 24.5 Å². The Kier molecular flexibility index (Phi) is 9.38. The molecule has 1 aliphatic heterocycles. The first-order chi connectivity index (χ1) is 19.8. The van der Waals surface area contributed by atoms with Crippen LogP contribution in [0, 0.1) is 17.8 Å². The maximum absolute atomic E-state index is 14.0. The van der Waals surface area contributed by atoms with Crippen molar-refractivity contribution in [2.45, 2.75) is 25.8 Å². The molecule has 210 valence electrons. The van der Waals surface area contributed by atoms with E-state index in [9.17, 15) is 19.5 Å². The van der Waals surface area contributed by atoms with Gasteiger partial charge in [0, 0.05) is 25.1 Å². The molecule has 1 atom stereocenters. The highest BCUT2D eigenvalue weighted by atomic mass is 16.4. The van der Waals surface area contributed by atoms with Crippen molar-refractivity contribution in [1.82, 2.24) is 4.90 Å². The second-order valence-electron chi connectivity index (χ2n) is 9.86. The van der Waals surface area contributed by atoms with Gasteiger partial charge in [-0.25, -0.2) is 0 Å². The van der Waals surface area contributed by atoms with Crippen LogP contribution in [0.5, 0.6) is 0 Å². The van der Waals surface area contributed by atoms with Crippen molar-refractivity contribution >= 4 is 29.4 Å². The Labute approximate surface area is 239 Å². The van der Waals surface area contributed by atoms with E-state index in [-0.39, 0.29) is 30.5 Å². The van der Waals surface area contributed by atoms with Gasteiger partial charge in [0.1, 0.15) is 6.54 Å². The van der Waals surface area contributed by atoms with E-state index in [4.69, 9.17) is 11.5 Å². The van der Waals surface area contributed by atoms with Gasteiger partial charge in [0.05, 0.1) is 23.2 Å². The van der Waals surface area contributed by atoms with Gasteiger partial charge < -0.3 is 21.5 Å². The van der Waals surface area contributed by atoms with E-state index in [0.717, 1.165) is 11.1 Å². The van der Waals surface area contributed by atoms with Crippen LogP contribution in [0.2, 0.25) is 0 Å². The van der Waals surface area contributed by atoms with Crippen molar-refractivity contribution in [3.63, 3.8) is 0 Å². The van der Waals surface area contributed by atoms with E-state index in [2.05, 4.69) is 16.8 Å². The normalized spacial score (nSPS) is 13.6. The van der Waals surface area contributed by atoms with E-state index >= 15 is 0 Å². The molecule has 3 aromatic carbocycles. The average Bonchev–Trinajstić information content (AvgIpc) is 3.06. The summed E-state index contributed by atoms with van der Waals surface area (Å²) in [6.45, 7) is 1.63. The molecule has 1 aliphatic rings. The third kappa shape index (κ3) is 7.11. The molecule has 1 unspecified atom stereocenters. The van der Waals surface area contributed by atoms with E-state index < -0.39 is 23.8 Å². The minimum Gasteiger partial charge on any atom is -0.481 e. The highest BCUT2D eigenvalue weighted by Crippen LogP contribution is 2.37. The van der Waals surface area contributed by atoms with Gasteiger partial charge in [0.2, 0.25) is 5.91 Å². The molecule has 0 saturated carbocycles. The van der Waals surface area contributed by atoms with Crippen molar-refractivity contribution in [1.29, 1.82) is 0 Å². The standard InChI is InChI=1S/C32H33N5O4/c1-22(31(40)41)20-36-21-28(38)37(29(24-12-6-2-7-13-24)25-14-8-3-9-15-25)27-17-16-23(19-26(27)30(36)39)11-5-4-10-18-35-32(33)34/h2-3,6-9,12-17,19,22,29H,4,10,18,20-21H2,1H3,(H,40,41)(H4,33,34,35). The molecule has 9 heteroatoms. The zero-order chi connectivity index (χ0) is 29.4. The van der Waals surface area contributed by atoms with Gasteiger partial charge in [-0.05, 0) is 35.7 Å².